The first-order valence-electron chi connectivity index (χ1n) is 5.00. The first-order valence-corrected chi connectivity index (χ1v) is 5.00. The summed E-state index contributed by atoms with van der Waals surface area (Å²) in [5.74, 6) is -0.436. The Bertz CT molecular complexity index is 408. The van der Waals surface area contributed by atoms with E-state index in [2.05, 4.69) is 5.32 Å². The summed E-state index contributed by atoms with van der Waals surface area (Å²) in [7, 11) is 0. The minimum Gasteiger partial charge on any atom is -0.325 e. The molecule has 3 N–H and O–H groups in total. The second kappa shape index (κ2) is 6.61. The highest BCUT2D eigenvalue weighted by molar-refractivity contribution is 5.94. The molecule has 0 heterocycles. The molecule has 0 fully saturated rings. The largest absolute Gasteiger partial charge is 0.393 e. The molecule has 1 rings (SSSR count). The van der Waals surface area contributed by atoms with E-state index in [1.165, 1.54) is 31.2 Å². The number of halogens is 4. The Labute approximate surface area is 109 Å². The van der Waals surface area contributed by atoms with Crippen molar-refractivity contribution >= 4 is 24.0 Å². The van der Waals surface area contributed by atoms with E-state index >= 15 is 0 Å². The monoisotopic (exact) mass is 282 g/mol. The van der Waals surface area contributed by atoms with Gasteiger partial charge in [0, 0.05) is 5.69 Å². The maximum absolute atomic E-state index is 12.2. The Balaban J connectivity index is 0.00000289. The van der Waals surface area contributed by atoms with Crippen LogP contribution in [0.2, 0.25) is 0 Å². The van der Waals surface area contributed by atoms with Gasteiger partial charge in [-0.05, 0) is 24.6 Å². The fourth-order valence-corrected chi connectivity index (χ4v) is 1.25. The van der Waals surface area contributed by atoms with Gasteiger partial charge in [0.2, 0.25) is 5.91 Å². The summed E-state index contributed by atoms with van der Waals surface area (Å²) in [5, 5.41) is 2.44. The molecular formula is C11H14ClF3N2O. The van der Waals surface area contributed by atoms with Crippen LogP contribution in [0, 0.1) is 0 Å². The molecule has 0 aliphatic heterocycles. The Kier molecular flexibility index (Phi) is 6.14. The SMILES string of the molecule is C[C@@H](N)C(=O)Nc1cccc(CC(F)(F)F)c1.Cl. The van der Waals surface area contributed by atoms with Crippen LogP contribution in [0.25, 0.3) is 0 Å². The van der Waals surface area contributed by atoms with Crippen molar-refractivity contribution in [2.75, 3.05) is 5.32 Å². The second-order valence-corrected chi connectivity index (χ2v) is 3.77. The number of anilines is 1. The molecule has 102 valence electrons. The summed E-state index contributed by atoms with van der Waals surface area (Å²) in [6.45, 7) is 1.49. The topological polar surface area (TPSA) is 55.1 Å². The number of benzene rings is 1. The molecule has 1 atom stereocenters. The van der Waals surface area contributed by atoms with E-state index in [9.17, 15) is 18.0 Å². The van der Waals surface area contributed by atoms with Gasteiger partial charge in [-0.25, -0.2) is 0 Å². The van der Waals surface area contributed by atoms with Gasteiger partial charge in [-0.3, -0.25) is 4.79 Å². The van der Waals surface area contributed by atoms with Gasteiger partial charge in [-0.15, -0.1) is 12.4 Å². The van der Waals surface area contributed by atoms with Crippen molar-refractivity contribution in [3.8, 4) is 0 Å². The molecule has 1 amide bonds. The van der Waals surface area contributed by atoms with Crippen LogP contribution in [0.15, 0.2) is 24.3 Å². The van der Waals surface area contributed by atoms with Crippen molar-refractivity contribution in [1.82, 2.24) is 0 Å². The van der Waals surface area contributed by atoms with Crippen LogP contribution in [-0.2, 0) is 11.2 Å². The fourth-order valence-electron chi connectivity index (χ4n) is 1.25. The Morgan fingerprint density at radius 2 is 2.06 bits per heavy atom. The number of amides is 1. The Morgan fingerprint density at radius 1 is 1.44 bits per heavy atom. The molecule has 18 heavy (non-hydrogen) atoms. The molecule has 1 aromatic carbocycles. The van der Waals surface area contributed by atoms with Crippen molar-refractivity contribution < 1.29 is 18.0 Å². The van der Waals surface area contributed by atoms with E-state index in [0.717, 1.165) is 0 Å². The number of hydrogen-bond donors (Lipinski definition) is 2. The highest BCUT2D eigenvalue weighted by Crippen LogP contribution is 2.22. The van der Waals surface area contributed by atoms with Crippen LogP contribution < -0.4 is 11.1 Å². The summed E-state index contributed by atoms with van der Waals surface area (Å²) in [4.78, 5) is 11.3. The van der Waals surface area contributed by atoms with E-state index in [-0.39, 0.29) is 18.0 Å². The molecule has 0 saturated carbocycles. The molecule has 0 aliphatic carbocycles. The number of carbonyl (C=O) groups is 1. The number of alkyl halides is 3. The molecule has 0 bridgehead atoms. The minimum atomic E-state index is -4.26. The average molecular weight is 283 g/mol. The molecule has 0 spiro atoms. The normalized spacial score (nSPS) is 12.5. The van der Waals surface area contributed by atoms with Gasteiger partial charge in [-0.1, -0.05) is 12.1 Å². The zero-order valence-electron chi connectivity index (χ0n) is 9.62. The lowest BCUT2D eigenvalue weighted by molar-refractivity contribution is -0.127. The number of rotatable bonds is 3. The second-order valence-electron chi connectivity index (χ2n) is 3.77. The molecular weight excluding hydrogens is 269 g/mol. The first kappa shape index (κ1) is 16.7. The van der Waals surface area contributed by atoms with Gasteiger partial charge in [0.1, 0.15) is 0 Å². The smallest absolute Gasteiger partial charge is 0.325 e. The summed E-state index contributed by atoms with van der Waals surface area (Å²) < 4.78 is 36.5. The Morgan fingerprint density at radius 3 is 2.56 bits per heavy atom. The molecule has 0 unspecified atom stereocenters. The quantitative estimate of drug-likeness (QED) is 0.895. The third-order valence-corrected chi connectivity index (χ3v) is 2.01. The average Bonchev–Trinajstić information content (AvgIpc) is 2.15. The standard InChI is InChI=1S/C11H13F3N2O.ClH/c1-7(15)10(17)16-9-4-2-3-8(5-9)6-11(12,13)14;/h2-5,7H,6,15H2,1H3,(H,16,17);1H/t7-;/m1./s1. The van der Waals surface area contributed by atoms with Crippen molar-refractivity contribution in [2.24, 2.45) is 5.73 Å². The zero-order chi connectivity index (χ0) is 13.1. The van der Waals surface area contributed by atoms with Crippen molar-refractivity contribution in [3.05, 3.63) is 29.8 Å². The lowest BCUT2D eigenvalue weighted by atomic mass is 10.1. The van der Waals surface area contributed by atoms with Gasteiger partial charge >= 0.3 is 6.18 Å². The third kappa shape index (κ3) is 5.88. The van der Waals surface area contributed by atoms with Gasteiger partial charge < -0.3 is 11.1 Å². The highest BCUT2D eigenvalue weighted by atomic mass is 35.5. The summed E-state index contributed by atoms with van der Waals surface area (Å²) in [6, 6.07) is 4.90. The van der Waals surface area contributed by atoms with E-state index in [1.54, 1.807) is 0 Å². The van der Waals surface area contributed by atoms with Crippen LogP contribution >= 0.6 is 12.4 Å². The van der Waals surface area contributed by atoms with Gasteiger partial charge in [0.05, 0.1) is 12.5 Å². The summed E-state index contributed by atoms with van der Waals surface area (Å²) in [5.41, 5.74) is 5.74. The van der Waals surface area contributed by atoms with Crippen LogP contribution in [0.4, 0.5) is 18.9 Å². The maximum Gasteiger partial charge on any atom is 0.393 e. The van der Waals surface area contributed by atoms with Crippen LogP contribution in [0.3, 0.4) is 0 Å². The van der Waals surface area contributed by atoms with Crippen molar-refractivity contribution in [3.63, 3.8) is 0 Å². The molecule has 0 aromatic heterocycles. The Hall–Kier alpha value is -1.27. The summed E-state index contributed by atoms with van der Waals surface area (Å²) >= 11 is 0. The van der Waals surface area contributed by atoms with E-state index in [1.807, 2.05) is 0 Å². The number of carbonyl (C=O) groups excluding carboxylic acids is 1. The molecule has 0 aliphatic rings. The highest BCUT2D eigenvalue weighted by Gasteiger charge is 2.27. The molecule has 0 saturated heterocycles. The lowest BCUT2D eigenvalue weighted by Crippen LogP contribution is -2.32. The lowest BCUT2D eigenvalue weighted by Gasteiger charge is -2.10. The number of hydrogen-bond acceptors (Lipinski definition) is 2. The van der Waals surface area contributed by atoms with Gasteiger partial charge in [0.15, 0.2) is 0 Å². The first-order chi connectivity index (χ1) is 7.78. The van der Waals surface area contributed by atoms with Gasteiger partial charge in [-0.2, -0.15) is 13.2 Å². The van der Waals surface area contributed by atoms with E-state index in [0.29, 0.717) is 5.69 Å². The van der Waals surface area contributed by atoms with E-state index < -0.39 is 24.5 Å². The van der Waals surface area contributed by atoms with E-state index in [4.69, 9.17) is 5.73 Å². The minimum absolute atomic E-state index is 0. The molecule has 1 aromatic rings. The number of nitrogens with two attached hydrogens (primary N) is 1. The van der Waals surface area contributed by atoms with Crippen LogP contribution in [-0.4, -0.2) is 18.1 Å². The third-order valence-electron chi connectivity index (χ3n) is 2.01. The predicted molar refractivity (Wildman–Crippen MR) is 65.7 cm³/mol. The van der Waals surface area contributed by atoms with Crippen LogP contribution in [0.1, 0.15) is 12.5 Å². The maximum atomic E-state index is 12.2. The van der Waals surface area contributed by atoms with Gasteiger partial charge in [0.25, 0.3) is 0 Å². The predicted octanol–water partition coefficient (Wildman–Crippen LogP) is 2.50. The molecule has 0 radical (unpaired) electrons. The molecule has 7 heteroatoms. The molecule has 3 nitrogen and oxygen atoms in total. The van der Waals surface area contributed by atoms with Crippen molar-refractivity contribution in [2.45, 2.75) is 25.6 Å². The van der Waals surface area contributed by atoms with Crippen molar-refractivity contribution in [1.29, 1.82) is 0 Å². The summed E-state index contributed by atoms with van der Waals surface area (Å²) in [6.07, 6.45) is -5.28. The fraction of sp³-hybridized carbons (Fsp3) is 0.364. The zero-order valence-corrected chi connectivity index (χ0v) is 10.4. The van der Waals surface area contributed by atoms with Crippen LogP contribution in [0.5, 0.6) is 0 Å². The number of nitrogens with one attached hydrogen (secondary N) is 1.